The molecule has 1 fully saturated rings. The molecular formula is C14H15N3O2S. The van der Waals surface area contributed by atoms with Crippen molar-refractivity contribution in [2.24, 2.45) is 0 Å². The molecule has 0 radical (unpaired) electrons. The molecule has 6 heteroatoms. The maximum absolute atomic E-state index is 12.1. The maximum atomic E-state index is 12.1. The summed E-state index contributed by atoms with van der Waals surface area (Å²) < 4.78 is 1.68. The van der Waals surface area contributed by atoms with Crippen LogP contribution in [0.1, 0.15) is 6.42 Å². The zero-order valence-corrected chi connectivity index (χ0v) is 11.6. The molecule has 1 saturated heterocycles. The number of hydrogen-bond donors (Lipinski definition) is 2. The number of benzene rings is 1. The molecule has 0 saturated carbocycles. The van der Waals surface area contributed by atoms with Crippen LogP contribution in [0.2, 0.25) is 0 Å². The number of amides is 1. The normalized spacial score (nSPS) is 21.9. The maximum Gasteiger partial charge on any atom is 0.258 e. The Bertz CT molecular complexity index is 606. The molecule has 0 bridgehead atoms. The van der Waals surface area contributed by atoms with Gasteiger partial charge in [-0.2, -0.15) is 16.9 Å². The van der Waals surface area contributed by atoms with Gasteiger partial charge in [-0.1, -0.05) is 18.2 Å². The Hall–Kier alpha value is -1.79. The molecule has 1 atom stereocenters. The molecule has 1 aliphatic heterocycles. The van der Waals surface area contributed by atoms with Crippen LogP contribution >= 0.6 is 11.8 Å². The minimum absolute atomic E-state index is 0.374. The fourth-order valence-electron chi connectivity index (χ4n) is 2.08. The number of carbonyl (C=O) groups is 1. The second-order valence-electron chi connectivity index (χ2n) is 4.77. The van der Waals surface area contributed by atoms with E-state index in [9.17, 15) is 9.90 Å². The molecule has 0 spiro atoms. The second-order valence-corrected chi connectivity index (χ2v) is 5.87. The third kappa shape index (κ3) is 2.57. The van der Waals surface area contributed by atoms with Crippen molar-refractivity contribution in [2.45, 2.75) is 12.0 Å². The summed E-state index contributed by atoms with van der Waals surface area (Å²) in [5, 5.41) is 17.1. The predicted octanol–water partition coefficient (Wildman–Crippen LogP) is 1.68. The second kappa shape index (κ2) is 5.30. The lowest BCUT2D eigenvalue weighted by atomic mass is 10.0. The number of aromatic nitrogens is 2. The van der Waals surface area contributed by atoms with Gasteiger partial charge in [-0.15, -0.1) is 0 Å². The highest BCUT2D eigenvalue weighted by molar-refractivity contribution is 7.99. The summed E-state index contributed by atoms with van der Waals surface area (Å²) >= 11 is 1.59. The van der Waals surface area contributed by atoms with Gasteiger partial charge in [-0.05, 0) is 24.3 Å². The third-order valence-electron chi connectivity index (χ3n) is 3.27. The zero-order chi connectivity index (χ0) is 14.0. The van der Waals surface area contributed by atoms with Crippen LogP contribution in [0.5, 0.6) is 0 Å². The first-order chi connectivity index (χ1) is 9.67. The van der Waals surface area contributed by atoms with Crippen molar-refractivity contribution in [1.82, 2.24) is 9.78 Å². The van der Waals surface area contributed by atoms with Gasteiger partial charge in [0.25, 0.3) is 5.91 Å². The average molecular weight is 289 g/mol. The van der Waals surface area contributed by atoms with E-state index in [1.807, 2.05) is 30.3 Å². The van der Waals surface area contributed by atoms with Gasteiger partial charge in [-0.3, -0.25) is 4.79 Å². The molecule has 2 heterocycles. The predicted molar refractivity (Wildman–Crippen MR) is 79.1 cm³/mol. The third-order valence-corrected chi connectivity index (χ3v) is 4.45. The van der Waals surface area contributed by atoms with Crippen LogP contribution in [0, 0.1) is 0 Å². The molecule has 3 rings (SSSR count). The first kappa shape index (κ1) is 13.2. The van der Waals surface area contributed by atoms with Gasteiger partial charge in [0, 0.05) is 18.0 Å². The lowest BCUT2D eigenvalue weighted by Gasteiger charge is -2.19. The van der Waals surface area contributed by atoms with E-state index >= 15 is 0 Å². The summed E-state index contributed by atoms with van der Waals surface area (Å²) in [4.78, 5) is 12.1. The fourth-order valence-corrected chi connectivity index (χ4v) is 3.32. The number of rotatable bonds is 3. The van der Waals surface area contributed by atoms with E-state index in [0.29, 0.717) is 18.0 Å². The quantitative estimate of drug-likeness (QED) is 0.902. The number of nitrogens with zero attached hydrogens (tertiary/aromatic N) is 2. The van der Waals surface area contributed by atoms with Gasteiger partial charge in [0.05, 0.1) is 5.69 Å². The summed E-state index contributed by atoms with van der Waals surface area (Å²) in [6.07, 6.45) is 2.27. The summed E-state index contributed by atoms with van der Waals surface area (Å²) in [7, 11) is 0. The number of para-hydroxylation sites is 1. The highest BCUT2D eigenvalue weighted by Crippen LogP contribution is 2.28. The van der Waals surface area contributed by atoms with Crippen molar-refractivity contribution in [3.8, 4) is 5.69 Å². The van der Waals surface area contributed by atoms with Crippen LogP contribution in [0.4, 0.5) is 5.82 Å². The minimum Gasteiger partial charge on any atom is -0.379 e. The monoisotopic (exact) mass is 289 g/mol. The van der Waals surface area contributed by atoms with Crippen LogP contribution in [0.25, 0.3) is 5.69 Å². The van der Waals surface area contributed by atoms with E-state index in [-0.39, 0.29) is 5.91 Å². The van der Waals surface area contributed by atoms with E-state index in [2.05, 4.69) is 10.4 Å². The van der Waals surface area contributed by atoms with Gasteiger partial charge in [0.2, 0.25) is 0 Å². The summed E-state index contributed by atoms with van der Waals surface area (Å²) in [6.45, 7) is 0. The number of carbonyl (C=O) groups excluding carboxylic acids is 1. The molecule has 2 aromatic rings. The molecular weight excluding hydrogens is 274 g/mol. The van der Waals surface area contributed by atoms with Crippen molar-refractivity contribution in [2.75, 3.05) is 16.8 Å². The molecule has 1 aromatic heterocycles. The number of hydrogen-bond acceptors (Lipinski definition) is 4. The largest absolute Gasteiger partial charge is 0.379 e. The fraction of sp³-hybridized carbons (Fsp3) is 0.286. The van der Waals surface area contributed by atoms with Crippen LogP contribution < -0.4 is 5.32 Å². The Labute approximate surface area is 121 Å². The molecule has 5 nitrogen and oxygen atoms in total. The van der Waals surface area contributed by atoms with Gasteiger partial charge < -0.3 is 10.4 Å². The lowest BCUT2D eigenvalue weighted by molar-refractivity contribution is -0.131. The lowest BCUT2D eigenvalue weighted by Crippen LogP contribution is -2.42. The van der Waals surface area contributed by atoms with E-state index in [4.69, 9.17) is 0 Å². The van der Waals surface area contributed by atoms with Gasteiger partial charge in [0.15, 0.2) is 11.4 Å². The Morgan fingerprint density at radius 2 is 2.15 bits per heavy atom. The van der Waals surface area contributed by atoms with Gasteiger partial charge in [0.1, 0.15) is 0 Å². The highest BCUT2D eigenvalue weighted by Gasteiger charge is 2.39. The summed E-state index contributed by atoms with van der Waals surface area (Å²) in [5.74, 6) is 1.32. The molecule has 1 aromatic carbocycles. The average Bonchev–Trinajstić information content (AvgIpc) is 3.10. The number of aliphatic hydroxyl groups is 1. The van der Waals surface area contributed by atoms with Gasteiger partial charge in [-0.25, -0.2) is 4.68 Å². The van der Waals surface area contributed by atoms with E-state index in [1.54, 1.807) is 28.7 Å². The Morgan fingerprint density at radius 1 is 1.35 bits per heavy atom. The van der Waals surface area contributed by atoms with E-state index in [0.717, 1.165) is 11.4 Å². The first-order valence-electron chi connectivity index (χ1n) is 6.40. The van der Waals surface area contributed by atoms with Crippen LogP contribution in [0.15, 0.2) is 42.6 Å². The SMILES string of the molecule is O=C(Nc1ccn(-c2ccccc2)n1)C1(O)CCSC1. The summed E-state index contributed by atoms with van der Waals surface area (Å²) in [5.41, 5.74) is -0.343. The van der Waals surface area contributed by atoms with E-state index in [1.165, 1.54) is 0 Å². The Kier molecular flexibility index (Phi) is 3.50. The smallest absolute Gasteiger partial charge is 0.258 e. The Morgan fingerprint density at radius 3 is 2.85 bits per heavy atom. The topological polar surface area (TPSA) is 67.2 Å². The van der Waals surface area contributed by atoms with Crippen molar-refractivity contribution >= 4 is 23.5 Å². The molecule has 20 heavy (non-hydrogen) atoms. The molecule has 2 N–H and O–H groups in total. The molecule has 0 aliphatic carbocycles. The first-order valence-corrected chi connectivity index (χ1v) is 7.55. The van der Waals surface area contributed by atoms with Crippen molar-refractivity contribution < 1.29 is 9.90 Å². The van der Waals surface area contributed by atoms with Crippen molar-refractivity contribution in [3.05, 3.63) is 42.6 Å². The van der Waals surface area contributed by atoms with Crippen LogP contribution in [0.3, 0.4) is 0 Å². The van der Waals surface area contributed by atoms with Crippen molar-refractivity contribution in [1.29, 1.82) is 0 Å². The number of nitrogens with one attached hydrogen (secondary N) is 1. The molecule has 1 amide bonds. The van der Waals surface area contributed by atoms with E-state index < -0.39 is 5.60 Å². The molecule has 1 unspecified atom stereocenters. The zero-order valence-electron chi connectivity index (χ0n) is 10.8. The van der Waals surface area contributed by atoms with Crippen LogP contribution in [-0.2, 0) is 4.79 Å². The van der Waals surface area contributed by atoms with Crippen molar-refractivity contribution in [3.63, 3.8) is 0 Å². The highest BCUT2D eigenvalue weighted by atomic mass is 32.2. The molecule has 104 valence electrons. The van der Waals surface area contributed by atoms with Crippen LogP contribution in [-0.4, -0.2) is 37.9 Å². The number of anilines is 1. The summed E-state index contributed by atoms with van der Waals surface area (Å²) in [6, 6.07) is 11.4. The molecule has 1 aliphatic rings. The minimum atomic E-state index is -1.26. The number of thioether (sulfide) groups is 1. The van der Waals surface area contributed by atoms with Gasteiger partial charge >= 0.3 is 0 Å². The Balaban J connectivity index is 1.73. The standard InChI is InChI=1S/C14H15N3O2S/c18-13(14(19)7-9-20-10-14)15-12-6-8-17(16-12)11-4-2-1-3-5-11/h1-6,8,19H,7,9-10H2,(H,15,16,18).